The van der Waals surface area contributed by atoms with Crippen LogP contribution in [0.3, 0.4) is 0 Å². The van der Waals surface area contributed by atoms with E-state index in [9.17, 15) is 21.6 Å². The average molecular weight is 397 g/mol. The van der Waals surface area contributed by atoms with E-state index in [2.05, 4.69) is 5.32 Å². The van der Waals surface area contributed by atoms with Crippen molar-refractivity contribution in [1.82, 2.24) is 14.9 Å². The molecule has 11 heteroatoms. The van der Waals surface area contributed by atoms with Crippen LogP contribution in [-0.4, -0.2) is 58.3 Å². The van der Waals surface area contributed by atoms with Crippen LogP contribution < -0.4 is 10.0 Å². The number of rotatable bonds is 5. The summed E-state index contributed by atoms with van der Waals surface area (Å²) in [6, 6.07) is 3.23. The highest BCUT2D eigenvalue weighted by atomic mass is 35.5. The van der Waals surface area contributed by atoms with Gasteiger partial charge in [-0.2, -0.15) is 18.4 Å². The lowest BCUT2D eigenvalue weighted by atomic mass is 10.2. The van der Waals surface area contributed by atoms with E-state index in [1.807, 2.05) is 4.72 Å². The van der Waals surface area contributed by atoms with Gasteiger partial charge in [0.05, 0.1) is 15.5 Å². The maximum atomic E-state index is 13.3. The summed E-state index contributed by atoms with van der Waals surface area (Å²) in [5.41, 5.74) is 0.0783. The Morgan fingerprint density at radius 3 is 2.52 bits per heavy atom. The van der Waals surface area contributed by atoms with Gasteiger partial charge in [0.25, 0.3) is 0 Å². The molecule has 25 heavy (non-hydrogen) atoms. The van der Waals surface area contributed by atoms with Crippen molar-refractivity contribution in [3.8, 4) is 6.07 Å². The van der Waals surface area contributed by atoms with Crippen LogP contribution in [0.25, 0.3) is 0 Å². The number of nitrogens with one attached hydrogen (secondary N) is 2. The number of halogens is 4. The van der Waals surface area contributed by atoms with Crippen LogP contribution in [0.15, 0.2) is 23.1 Å². The zero-order chi connectivity index (χ0) is 18.7. The third kappa shape index (κ3) is 5.05. The summed E-state index contributed by atoms with van der Waals surface area (Å²) in [5, 5.41) is 11.7. The molecule has 1 aromatic rings. The molecule has 138 valence electrons. The number of sulfonamides is 1. The van der Waals surface area contributed by atoms with E-state index in [0.29, 0.717) is 13.1 Å². The number of benzene rings is 1. The molecule has 1 fully saturated rings. The van der Waals surface area contributed by atoms with Crippen molar-refractivity contribution < 1.29 is 21.6 Å². The summed E-state index contributed by atoms with van der Waals surface area (Å²) in [6.07, 6.45) is -4.57. The molecule has 0 amide bonds. The summed E-state index contributed by atoms with van der Waals surface area (Å²) < 4.78 is 66.4. The molecule has 1 unspecified atom stereocenters. The van der Waals surface area contributed by atoms with E-state index >= 15 is 0 Å². The van der Waals surface area contributed by atoms with E-state index < -0.39 is 28.8 Å². The molecule has 0 saturated carbocycles. The minimum Gasteiger partial charge on any atom is -0.314 e. The first-order valence-electron chi connectivity index (χ1n) is 7.36. The molecule has 6 nitrogen and oxygen atoms in total. The Hall–Kier alpha value is -1.38. The van der Waals surface area contributed by atoms with Crippen LogP contribution in [0.2, 0.25) is 5.02 Å². The first-order valence-corrected chi connectivity index (χ1v) is 9.22. The molecular weight excluding hydrogens is 381 g/mol. The second-order valence-electron chi connectivity index (χ2n) is 5.45. The van der Waals surface area contributed by atoms with Gasteiger partial charge in [-0.15, -0.1) is 0 Å². The normalized spacial score (nSPS) is 17.9. The quantitative estimate of drug-likeness (QED) is 0.784. The van der Waals surface area contributed by atoms with Crippen molar-refractivity contribution in [2.75, 3.05) is 32.7 Å². The first kappa shape index (κ1) is 19.9. The molecule has 2 rings (SSSR count). The molecule has 2 N–H and O–H groups in total. The van der Waals surface area contributed by atoms with Gasteiger partial charge in [-0.3, -0.25) is 4.90 Å². The molecule has 0 bridgehead atoms. The maximum absolute atomic E-state index is 13.3. The lowest BCUT2D eigenvalue weighted by Crippen LogP contribution is -2.57. The topological polar surface area (TPSA) is 85.2 Å². The monoisotopic (exact) mass is 396 g/mol. The summed E-state index contributed by atoms with van der Waals surface area (Å²) in [4.78, 5) is 0.905. The third-order valence-electron chi connectivity index (χ3n) is 3.81. The molecule has 1 saturated heterocycles. The molecule has 1 aliphatic rings. The van der Waals surface area contributed by atoms with Crippen molar-refractivity contribution in [3.63, 3.8) is 0 Å². The summed E-state index contributed by atoms with van der Waals surface area (Å²) in [5.74, 6) is 0. The Morgan fingerprint density at radius 2 is 2.00 bits per heavy atom. The highest BCUT2D eigenvalue weighted by Crippen LogP contribution is 2.26. The van der Waals surface area contributed by atoms with E-state index in [0.717, 1.165) is 12.1 Å². The van der Waals surface area contributed by atoms with Gasteiger partial charge in [0.15, 0.2) is 0 Å². The van der Waals surface area contributed by atoms with Crippen molar-refractivity contribution in [2.45, 2.75) is 17.1 Å². The van der Waals surface area contributed by atoms with Crippen LogP contribution in [0.4, 0.5) is 13.2 Å². The van der Waals surface area contributed by atoms with Crippen LogP contribution in [0, 0.1) is 11.3 Å². The second-order valence-corrected chi connectivity index (χ2v) is 7.62. The van der Waals surface area contributed by atoms with E-state index in [4.69, 9.17) is 16.9 Å². The molecule has 1 aliphatic heterocycles. The highest BCUT2D eigenvalue weighted by molar-refractivity contribution is 7.89. The maximum Gasteiger partial charge on any atom is 0.405 e. The second kappa shape index (κ2) is 7.88. The SMILES string of the molecule is N#Cc1ccc(S(=O)(=O)NCC(N2CCNCC2)C(F)(F)F)cc1Cl. The Morgan fingerprint density at radius 1 is 1.36 bits per heavy atom. The minimum absolute atomic E-state index is 0.0783. The van der Waals surface area contributed by atoms with Gasteiger partial charge < -0.3 is 5.32 Å². The number of alkyl halides is 3. The number of piperazine rings is 1. The Bertz CT molecular complexity index is 758. The number of hydrogen-bond acceptors (Lipinski definition) is 5. The zero-order valence-corrected chi connectivity index (χ0v) is 14.5. The Labute approximate surface area is 148 Å². The van der Waals surface area contributed by atoms with Crippen LogP contribution in [-0.2, 0) is 10.0 Å². The summed E-state index contributed by atoms with van der Waals surface area (Å²) in [7, 11) is -4.19. The zero-order valence-electron chi connectivity index (χ0n) is 13.0. The molecule has 0 spiro atoms. The van der Waals surface area contributed by atoms with Crippen molar-refractivity contribution in [1.29, 1.82) is 5.26 Å². The predicted molar refractivity (Wildman–Crippen MR) is 85.6 cm³/mol. The summed E-state index contributed by atoms with van der Waals surface area (Å²) >= 11 is 5.78. The fourth-order valence-electron chi connectivity index (χ4n) is 2.47. The van der Waals surface area contributed by atoms with E-state index in [1.54, 1.807) is 6.07 Å². The fraction of sp³-hybridized carbons (Fsp3) is 0.500. The van der Waals surface area contributed by atoms with Crippen molar-refractivity contribution in [2.24, 2.45) is 0 Å². The van der Waals surface area contributed by atoms with Crippen LogP contribution in [0.1, 0.15) is 5.56 Å². The highest BCUT2D eigenvalue weighted by Gasteiger charge is 2.44. The smallest absolute Gasteiger partial charge is 0.314 e. The van der Waals surface area contributed by atoms with E-state index in [1.165, 1.54) is 11.0 Å². The minimum atomic E-state index is -4.57. The average Bonchev–Trinajstić information content (AvgIpc) is 2.54. The lowest BCUT2D eigenvalue weighted by molar-refractivity contribution is -0.182. The van der Waals surface area contributed by atoms with Gasteiger partial charge >= 0.3 is 6.18 Å². The van der Waals surface area contributed by atoms with Gasteiger partial charge in [0, 0.05) is 32.7 Å². The number of nitriles is 1. The molecule has 0 aromatic heterocycles. The number of nitrogens with zero attached hydrogens (tertiary/aromatic N) is 2. The molecular formula is C14H16ClF3N4O2S. The molecule has 1 aromatic carbocycles. The van der Waals surface area contributed by atoms with Gasteiger partial charge in [-0.05, 0) is 18.2 Å². The van der Waals surface area contributed by atoms with E-state index in [-0.39, 0.29) is 28.6 Å². The molecule has 0 radical (unpaired) electrons. The summed E-state index contributed by atoms with van der Waals surface area (Å²) in [6.45, 7) is 0.363. The predicted octanol–water partition coefficient (Wildman–Crippen LogP) is 1.33. The van der Waals surface area contributed by atoms with Crippen molar-refractivity contribution >= 4 is 21.6 Å². The van der Waals surface area contributed by atoms with Gasteiger partial charge in [-0.1, -0.05) is 11.6 Å². The van der Waals surface area contributed by atoms with Gasteiger partial charge in [-0.25, -0.2) is 13.1 Å². The molecule has 0 aliphatic carbocycles. The molecule has 1 atom stereocenters. The molecule has 1 heterocycles. The third-order valence-corrected chi connectivity index (χ3v) is 5.54. The fourth-order valence-corrected chi connectivity index (χ4v) is 3.82. The van der Waals surface area contributed by atoms with Gasteiger partial charge in [0.1, 0.15) is 12.1 Å². The largest absolute Gasteiger partial charge is 0.405 e. The Kier molecular flexibility index (Phi) is 6.29. The lowest BCUT2D eigenvalue weighted by Gasteiger charge is -2.35. The van der Waals surface area contributed by atoms with Crippen LogP contribution >= 0.6 is 11.6 Å². The van der Waals surface area contributed by atoms with Crippen molar-refractivity contribution in [3.05, 3.63) is 28.8 Å². The van der Waals surface area contributed by atoms with Crippen LogP contribution in [0.5, 0.6) is 0 Å². The first-order chi connectivity index (χ1) is 11.6. The Balaban J connectivity index is 2.15. The standard InChI is InChI=1S/C14H16ClF3N4O2S/c15-12-7-11(2-1-10(12)8-19)25(23,24)21-9-13(14(16,17)18)22-5-3-20-4-6-22/h1-2,7,13,20-21H,3-6,9H2. The van der Waals surface area contributed by atoms with Gasteiger partial charge in [0.2, 0.25) is 10.0 Å². The number of hydrogen-bond donors (Lipinski definition) is 2.